The number of amides is 1. The van der Waals surface area contributed by atoms with E-state index in [0.717, 1.165) is 11.3 Å². The summed E-state index contributed by atoms with van der Waals surface area (Å²) in [5.74, 6) is 0.706. The molecule has 1 rings (SSSR count). The predicted octanol–water partition coefficient (Wildman–Crippen LogP) is 2.83. The molecule has 3 heteroatoms. The lowest BCUT2D eigenvalue weighted by Gasteiger charge is -2.09. The Morgan fingerprint density at radius 2 is 2.11 bits per heavy atom. The third-order valence-electron chi connectivity index (χ3n) is 2.28. The van der Waals surface area contributed by atoms with Gasteiger partial charge in [-0.1, -0.05) is 36.4 Å². The van der Waals surface area contributed by atoms with Crippen molar-refractivity contribution in [2.45, 2.75) is 20.4 Å². The van der Waals surface area contributed by atoms with Gasteiger partial charge in [0.2, 0.25) is 5.91 Å². The molecule has 0 bridgehead atoms. The maximum atomic E-state index is 11.5. The molecule has 0 saturated heterocycles. The third-order valence-corrected chi connectivity index (χ3v) is 2.28. The highest BCUT2D eigenvalue weighted by Gasteiger charge is 2.02. The first-order chi connectivity index (χ1) is 8.77. The van der Waals surface area contributed by atoms with E-state index in [1.165, 1.54) is 6.08 Å². The average molecular weight is 245 g/mol. The van der Waals surface area contributed by atoms with Crippen molar-refractivity contribution in [2.24, 2.45) is 0 Å². The zero-order chi connectivity index (χ0) is 13.2. The van der Waals surface area contributed by atoms with Crippen LogP contribution in [0.5, 0.6) is 5.75 Å². The van der Waals surface area contributed by atoms with Gasteiger partial charge in [-0.15, -0.1) is 0 Å². The van der Waals surface area contributed by atoms with Crippen LogP contribution in [0, 0.1) is 0 Å². The van der Waals surface area contributed by atoms with Gasteiger partial charge in [-0.3, -0.25) is 4.79 Å². The number of hydrogen-bond donors (Lipinski definition) is 1. The first-order valence-corrected chi connectivity index (χ1v) is 6.05. The Morgan fingerprint density at radius 3 is 2.83 bits per heavy atom. The highest BCUT2D eigenvalue weighted by atomic mass is 16.5. The van der Waals surface area contributed by atoms with E-state index in [1.807, 2.05) is 50.3 Å². The summed E-state index contributed by atoms with van der Waals surface area (Å²) in [7, 11) is 0. The number of allylic oxidation sites excluding steroid dienone is 3. The summed E-state index contributed by atoms with van der Waals surface area (Å²) >= 11 is 0. The van der Waals surface area contributed by atoms with Crippen LogP contribution in [-0.4, -0.2) is 12.5 Å². The summed E-state index contributed by atoms with van der Waals surface area (Å²) in [6, 6.07) is 7.70. The summed E-state index contributed by atoms with van der Waals surface area (Å²) in [4.78, 5) is 11.5. The molecule has 0 unspecified atom stereocenters. The minimum atomic E-state index is -0.112. The molecule has 0 fully saturated rings. The van der Waals surface area contributed by atoms with Crippen molar-refractivity contribution in [1.29, 1.82) is 0 Å². The van der Waals surface area contributed by atoms with Gasteiger partial charge in [-0.2, -0.15) is 0 Å². The van der Waals surface area contributed by atoms with Gasteiger partial charge in [-0.25, -0.2) is 0 Å². The van der Waals surface area contributed by atoms with E-state index in [1.54, 1.807) is 6.08 Å². The van der Waals surface area contributed by atoms with Crippen molar-refractivity contribution in [3.05, 3.63) is 54.1 Å². The second kappa shape index (κ2) is 8.12. The van der Waals surface area contributed by atoms with E-state index in [4.69, 9.17) is 4.74 Å². The molecule has 0 aliphatic rings. The molecule has 0 atom stereocenters. The molecule has 1 N–H and O–H groups in total. The van der Waals surface area contributed by atoms with Gasteiger partial charge < -0.3 is 10.1 Å². The van der Waals surface area contributed by atoms with Gasteiger partial charge in [-0.05, 0) is 19.9 Å². The fraction of sp³-hybridized carbons (Fsp3) is 0.267. The predicted molar refractivity (Wildman–Crippen MR) is 73.4 cm³/mol. The normalized spacial score (nSPS) is 11.0. The van der Waals surface area contributed by atoms with Crippen LogP contribution in [0.4, 0.5) is 0 Å². The number of para-hydroxylation sites is 1. The van der Waals surface area contributed by atoms with Crippen LogP contribution >= 0.6 is 0 Å². The lowest BCUT2D eigenvalue weighted by molar-refractivity contribution is -0.116. The minimum absolute atomic E-state index is 0.112. The fourth-order valence-corrected chi connectivity index (χ4v) is 1.44. The van der Waals surface area contributed by atoms with E-state index < -0.39 is 0 Å². The first kappa shape index (κ1) is 14.0. The van der Waals surface area contributed by atoms with Crippen molar-refractivity contribution < 1.29 is 9.53 Å². The Bertz CT molecular complexity index is 436. The first-order valence-electron chi connectivity index (χ1n) is 6.05. The average Bonchev–Trinajstić information content (AvgIpc) is 2.38. The molecule has 1 aromatic carbocycles. The number of nitrogens with one attached hydrogen (secondary N) is 1. The van der Waals surface area contributed by atoms with E-state index in [-0.39, 0.29) is 5.91 Å². The van der Waals surface area contributed by atoms with Gasteiger partial charge in [0.25, 0.3) is 0 Å². The molecule has 1 amide bonds. The number of benzene rings is 1. The Labute approximate surface area is 108 Å². The van der Waals surface area contributed by atoms with Crippen LogP contribution < -0.4 is 10.1 Å². The Balaban J connectivity index is 2.55. The highest BCUT2D eigenvalue weighted by Crippen LogP contribution is 2.17. The molecule has 0 aromatic heterocycles. The smallest absolute Gasteiger partial charge is 0.244 e. The van der Waals surface area contributed by atoms with Gasteiger partial charge in [0.05, 0.1) is 6.61 Å². The monoisotopic (exact) mass is 245 g/mol. The van der Waals surface area contributed by atoms with E-state index in [2.05, 4.69) is 5.32 Å². The van der Waals surface area contributed by atoms with Crippen molar-refractivity contribution in [1.82, 2.24) is 5.32 Å². The summed E-state index contributed by atoms with van der Waals surface area (Å²) in [5.41, 5.74) is 0.979. The molecule has 96 valence electrons. The lowest BCUT2D eigenvalue weighted by atomic mass is 10.2. The second-order valence-corrected chi connectivity index (χ2v) is 3.64. The molecule has 0 aliphatic carbocycles. The maximum Gasteiger partial charge on any atom is 0.244 e. The highest BCUT2D eigenvalue weighted by molar-refractivity contribution is 5.87. The minimum Gasteiger partial charge on any atom is -0.494 e. The molecule has 0 radical (unpaired) electrons. The molecule has 0 aliphatic heterocycles. The zero-order valence-corrected chi connectivity index (χ0v) is 10.8. The molecular weight excluding hydrogens is 226 g/mol. The summed E-state index contributed by atoms with van der Waals surface area (Å²) in [6.45, 7) is 4.93. The van der Waals surface area contributed by atoms with Crippen LogP contribution in [0.15, 0.2) is 48.6 Å². The van der Waals surface area contributed by atoms with Crippen molar-refractivity contribution in [3.63, 3.8) is 0 Å². The number of rotatable bonds is 6. The molecular formula is C15H19NO2. The summed E-state index contributed by atoms with van der Waals surface area (Å²) in [6.07, 6.45) is 6.90. The third kappa shape index (κ3) is 4.87. The standard InChI is InChI=1S/C15H19NO2/c1-3-5-6-11-15(17)16-12-13-9-7-8-10-14(13)18-4-2/h3,5-11H,4,12H2,1-2H3,(H,16,17). The van der Waals surface area contributed by atoms with Crippen LogP contribution in [0.1, 0.15) is 19.4 Å². The topological polar surface area (TPSA) is 38.3 Å². The van der Waals surface area contributed by atoms with Gasteiger partial charge in [0.1, 0.15) is 5.75 Å². The van der Waals surface area contributed by atoms with Crippen molar-refractivity contribution in [2.75, 3.05) is 6.61 Å². The van der Waals surface area contributed by atoms with Crippen LogP contribution in [0.2, 0.25) is 0 Å². The summed E-state index contributed by atoms with van der Waals surface area (Å²) < 4.78 is 5.49. The molecule has 0 heterocycles. The fourth-order valence-electron chi connectivity index (χ4n) is 1.44. The van der Waals surface area contributed by atoms with Gasteiger partial charge in [0.15, 0.2) is 0 Å². The van der Waals surface area contributed by atoms with Gasteiger partial charge in [0, 0.05) is 18.2 Å². The van der Waals surface area contributed by atoms with Crippen molar-refractivity contribution >= 4 is 5.91 Å². The SMILES string of the molecule is CC=CC=CC(=O)NCc1ccccc1OCC. The number of carbonyl (C=O) groups excluding carboxylic acids is 1. The van der Waals surface area contributed by atoms with Crippen LogP contribution in [0.25, 0.3) is 0 Å². The lowest BCUT2D eigenvalue weighted by Crippen LogP contribution is -2.20. The van der Waals surface area contributed by atoms with Crippen molar-refractivity contribution in [3.8, 4) is 5.75 Å². The van der Waals surface area contributed by atoms with Crippen LogP contribution in [0.3, 0.4) is 0 Å². The molecule has 0 spiro atoms. The quantitative estimate of drug-likeness (QED) is 0.618. The van der Waals surface area contributed by atoms with Gasteiger partial charge >= 0.3 is 0 Å². The second-order valence-electron chi connectivity index (χ2n) is 3.64. The number of ether oxygens (including phenoxy) is 1. The molecule has 1 aromatic rings. The van der Waals surface area contributed by atoms with Crippen LogP contribution in [-0.2, 0) is 11.3 Å². The molecule has 18 heavy (non-hydrogen) atoms. The Morgan fingerprint density at radius 1 is 1.33 bits per heavy atom. The molecule has 0 saturated carbocycles. The Kier molecular flexibility index (Phi) is 6.33. The number of carbonyl (C=O) groups is 1. The largest absolute Gasteiger partial charge is 0.494 e. The van der Waals surface area contributed by atoms with E-state index >= 15 is 0 Å². The van der Waals surface area contributed by atoms with E-state index in [0.29, 0.717) is 13.2 Å². The maximum absolute atomic E-state index is 11.5. The molecule has 3 nitrogen and oxygen atoms in total. The Hall–Kier alpha value is -2.03. The van der Waals surface area contributed by atoms with E-state index in [9.17, 15) is 4.79 Å². The number of hydrogen-bond acceptors (Lipinski definition) is 2. The zero-order valence-electron chi connectivity index (χ0n) is 10.8. The summed E-state index contributed by atoms with van der Waals surface area (Å²) in [5, 5.41) is 2.82.